The van der Waals surface area contributed by atoms with Crippen LogP contribution in [-0.4, -0.2) is 27.6 Å². The summed E-state index contributed by atoms with van der Waals surface area (Å²) in [6.07, 6.45) is 3.80. The van der Waals surface area contributed by atoms with Gasteiger partial charge in [0.1, 0.15) is 34.7 Å². The van der Waals surface area contributed by atoms with Crippen molar-refractivity contribution in [3.63, 3.8) is 0 Å². The summed E-state index contributed by atoms with van der Waals surface area (Å²) in [7, 11) is 0. The summed E-state index contributed by atoms with van der Waals surface area (Å²) in [5.41, 5.74) is 3.13. The van der Waals surface area contributed by atoms with Crippen molar-refractivity contribution in [3.05, 3.63) is 77.9 Å². The molecule has 1 atom stereocenters. The third-order valence-electron chi connectivity index (χ3n) is 6.07. The molecular formula is C29H31NO5. The number of hydrogen-bond donors (Lipinski definition) is 4. The highest BCUT2D eigenvalue weighted by Gasteiger charge is 2.24. The molecule has 0 spiro atoms. The van der Waals surface area contributed by atoms with Crippen molar-refractivity contribution in [3.8, 4) is 28.6 Å². The van der Waals surface area contributed by atoms with E-state index in [4.69, 9.17) is 14.6 Å². The molecule has 1 unspecified atom stereocenters. The van der Waals surface area contributed by atoms with Crippen molar-refractivity contribution < 1.29 is 24.5 Å². The van der Waals surface area contributed by atoms with E-state index in [1.807, 2.05) is 24.3 Å². The molecule has 0 amide bonds. The van der Waals surface area contributed by atoms with Crippen molar-refractivity contribution >= 4 is 16.7 Å². The summed E-state index contributed by atoms with van der Waals surface area (Å²) < 4.78 is 11.8. The molecule has 0 saturated heterocycles. The van der Waals surface area contributed by atoms with Gasteiger partial charge in [-0.2, -0.15) is 0 Å². The van der Waals surface area contributed by atoms with Crippen molar-refractivity contribution in [2.24, 2.45) is 0 Å². The van der Waals surface area contributed by atoms with E-state index in [0.717, 1.165) is 25.7 Å². The summed E-state index contributed by atoms with van der Waals surface area (Å²) in [6.45, 7) is 2.61. The fourth-order valence-electron chi connectivity index (χ4n) is 4.12. The van der Waals surface area contributed by atoms with Crippen LogP contribution in [-0.2, 0) is 0 Å². The zero-order chi connectivity index (χ0) is 24.8. The van der Waals surface area contributed by atoms with E-state index in [1.54, 1.807) is 36.4 Å². The lowest BCUT2D eigenvalue weighted by atomic mass is 9.96. The van der Waals surface area contributed by atoms with Crippen molar-refractivity contribution in [1.82, 2.24) is 0 Å². The molecule has 0 radical (unpaired) electrons. The van der Waals surface area contributed by atoms with Crippen LogP contribution in [0, 0.1) is 5.41 Å². The second-order valence-corrected chi connectivity index (χ2v) is 8.70. The van der Waals surface area contributed by atoms with E-state index in [2.05, 4.69) is 6.92 Å². The summed E-state index contributed by atoms with van der Waals surface area (Å²) >= 11 is 0. The molecule has 3 aromatic carbocycles. The van der Waals surface area contributed by atoms with Gasteiger partial charge in [-0.25, -0.2) is 0 Å². The maximum absolute atomic E-state index is 11.3. The quantitative estimate of drug-likeness (QED) is 0.139. The number of ether oxygens (including phenoxy) is 1. The van der Waals surface area contributed by atoms with Gasteiger partial charge < -0.3 is 29.9 Å². The highest BCUT2D eigenvalue weighted by Crippen LogP contribution is 2.41. The van der Waals surface area contributed by atoms with Crippen molar-refractivity contribution in [2.75, 3.05) is 6.61 Å². The van der Waals surface area contributed by atoms with Crippen LogP contribution in [0.15, 0.2) is 71.1 Å². The van der Waals surface area contributed by atoms with Crippen LogP contribution in [0.25, 0.3) is 22.3 Å². The second kappa shape index (κ2) is 11.1. The van der Waals surface area contributed by atoms with Gasteiger partial charge in [0.15, 0.2) is 0 Å². The van der Waals surface area contributed by atoms with Crippen LogP contribution in [0.2, 0.25) is 0 Å². The van der Waals surface area contributed by atoms with Crippen LogP contribution < -0.4 is 4.74 Å². The van der Waals surface area contributed by atoms with E-state index >= 15 is 0 Å². The average molecular weight is 474 g/mol. The molecule has 35 heavy (non-hydrogen) atoms. The number of aliphatic hydroxyl groups excluding tert-OH is 1. The Kier molecular flexibility index (Phi) is 7.73. The van der Waals surface area contributed by atoms with Crippen LogP contribution in [0.1, 0.15) is 56.3 Å². The Morgan fingerprint density at radius 2 is 1.63 bits per heavy atom. The SMILES string of the molecule is CCCCCC(=N)CCOc1ccc(C(O)c2c(-c3ccc(O)cc3)oc3cc(O)ccc23)cc1. The number of unbranched alkanes of at least 4 members (excludes halogenated alkanes) is 2. The molecule has 0 saturated carbocycles. The van der Waals surface area contributed by atoms with Gasteiger partial charge in [-0.3, -0.25) is 0 Å². The van der Waals surface area contributed by atoms with Gasteiger partial charge in [-0.15, -0.1) is 0 Å². The molecule has 1 heterocycles. The molecule has 1 aromatic heterocycles. The third-order valence-corrected chi connectivity index (χ3v) is 6.07. The van der Waals surface area contributed by atoms with Crippen LogP contribution >= 0.6 is 0 Å². The molecule has 182 valence electrons. The zero-order valence-corrected chi connectivity index (χ0v) is 19.8. The Bertz CT molecular complexity index is 1280. The van der Waals surface area contributed by atoms with Crippen LogP contribution in [0.4, 0.5) is 0 Å². The normalized spacial score (nSPS) is 12.1. The number of furan rings is 1. The Morgan fingerprint density at radius 1 is 0.914 bits per heavy atom. The number of phenolic OH excluding ortho intramolecular Hbond substituents is 2. The molecule has 4 rings (SSSR count). The summed E-state index contributed by atoms with van der Waals surface area (Å²) in [5.74, 6) is 1.36. The lowest BCUT2D eigenvalue weighted by Crippen LogP contribution is -2.06. The van der Waals surface area contributed by atoms with Gasteiger partial charge in [0.2, 0.25) is 0 Å². The standard InChI is InChI=1S/C29H31NO5/c1-2-3-4-5-21(30)16-17-34-24-13-8-19(9-14-24)28(33)27-25-15-12-23(32)18-26(25)35-29(27)20-6-10-22(31)11-7-20/h6-15,18,28,30-33H,2-5,16-17H2,1H3. The van der Waals surface area contributed by atoms with Gasteiger partial charge in [0.05, 0.1) is 6.61 Å². The highest BCUT2D eigenvalue weighted by molar-refractivity contribution is 5.90. The first-order chi connectivity index (χ1) is 17.0. The fraction of sp³-hybridized carbons (Fsp3) is 0.276. The average Bonchev–Trinajstić information content (AvgIpc) is 3.23. The number of nitrogens with one attached hydrogen (secondary N) is 1. The molecule has 4 N–H and O–H groups in total. The molecule has 6 heteroatoms. The molecule has 0 aliphatic carbocycles. The van der Waals surface area contributed by atoms with Gasteiger partial charge >= 0.3 is 0 Å². The maximum atomic E-state index is 11.3. The Morgan fingerprint density at radius 3 is 2.34 bits per heavy atom. The Labute approximate surface area is 204 Å². The third kappa shape index (κ3) is 5.84. The number of phenols is 2. The van der Waals surface area contributed by atoms with Gasteiger partial charge in [0.25, 0.3) is 0 Å². The monoisotopic (exact) mass is 473 g/mol. The molecule has 0 aliphatic rings. The number of rotatable bonds is 11. The number of hydrogen-bond acceptors (Lipinski definition) is 6. The number of fused-ring (bicyclic) bond motifs is 1. The summed E-state index contributed by atoms with van der Waals surface area (Å²) in [5, 5.41) is 39.6. The highest BCUT2D eigenvalue weighted by atomic mass is 16.5. The fourth-order valence-corrected chi connectivity index (χ4v) is 4.12. The largest absolute Gasteiger partial charge is 0.508 e. The first-order valence-corrected chi connectivity index (χ1v) is 12.0. The zero-order valence-electron chi connectivity index (χ0n) is 19.8. The van der Waals surface area contributed by atoms with Gasteiger partial charge in [-0.1, -0.05) is 31.9 Å². The minimum Gasteiger partial charge on any atom is -0.508 e. The number of aromatic hydroxyl groups is 2. The lowest BCUT2D eigenvalue weighted by molar-refractivity contribution is 0.221. The molecule has 0 aliphatic heterocycles. The van der Waals surface area contributed by atoms with Crippen molar-refractivity contribution in [1.29, 1.82) is 5.41 Å². The molecule has 4 aromatic rings. The van der Waals surface area contributed by atoms with Crippen molar-refractivity contribution in [2.45, 2.75) is 45.1 Å². The molecule has 6 nitrogen and oxygen atoms in total. The smallest absolute Gasteiger partial charge is 0.141 e. The van der Waals surface area contributed by atoms with E-state index in [-0.39, 0.29) is 11.5 Å². The van der Waals surface area contributed by atoms with Gasteiger partial charge in [-0.05, 0) is 66.9 Å². The maximum Gasteiger partial charge on any atom is 0.141 e. The van der Waals surface area contributed by atoms with Crippen LogP contribution in [0.3, 0.4) is 0 Å². The number of aliphatic hydroxyl groups is 1. The minimum absolute atomic E-state index is 0.0736. The second-order valence-electron chi connectivity index (χ2n) is 8.70. The van der Waals surface area contributed by atoms with E-state index in [9.17, 15) is 15.3 Å². The summed E-state index contributed by atoms with van der Waals surface area (Å²) in [6, 6.07) is 18.6. The molecule has 0 fully saturated rings. The molecular weight excluding hydrogens is 442 g/mol. The minimum atomic E-state index is -0.981. The number of benzene rings is 3. The first kappa shape index (κ1) is 24.4. The first-order valence-electron chi connectivity index (χ1n) is 12.0. The Balaban J connectivity index is 1.53. The van der Waals surface area contributed by atoms with E-state index < -0.39 is 6.10 Å². The Hall–Kier alpha value is -3.77. The molecule has 0 bridgehead atoms. The van der Waals surface area contributed by atoms with E-state index in [1.165, 1.54) is 6.07 Å². The van der Waals surface area contributed by atoms with Gasteiger partial charge in [0, 0.05) is 34.7 Å². The lowest BCUT2D eigenvalue weighted by Gasteiger charge is -2.14. The predicted molar refractivity (Wildman–Crippen MR) is 137 cm³/mol. The topological polar surface area (TPSA) is 107 Å². The predicted octanol–water partition coefficient (Wildman–Crippen LogP) is 6.96. The summed E-state index contributed by atoms with van der Waals surface area (Å²) in [4.78, 5) is 0. The van der Waals surface area contributed by atoms with E-state index in [0.29, 0.717) is 57.9 Å². The van der Waals surface area contributed by atoms with Crippen LogP contribution in [0.5, 0.6) is 17.2 Å².